The van der Waals surface area contributed by atoms with Crippen LogP contribution < -0.4 is 10.6 Å². The standard InChI is InChI=1S/C18H13F3N2O/c19-18(20,21)13-7-4-8-14(11-13)22-17(24)23-16-10-3-6-12-5-1-2-9-15(12)16/h1-11H,(H2,22,23,24). The van der Waals surface area contributed by atoms with Crippen molar-refractivity contribution >= 4 is 28.2 Å². The molecule has 0 aromatic heterocycles. The number of hydrogen-bond acceptors (Lipinski definition) is 1. The lowest BCUT2D eigenvalue weighted by molar-refractivity contribution is -0.137. The van der Waals surface area contributed by atoms with Crippen molar-refractivity contribution in [3.63, 3.8) is 0 Å². The predicted molar refractivity (Wildman–Crippen MR) is 88.0 cm³/mol. The molecular formula is C18H13F3N2O. The van der Waals surface area contributed by atoms with Crippen LogP contribution in [-0.4, -0.2) is 6.03 Å². The van der Waals surface area contributed by atoms with Gasteiger partial charge in [0.05, 0.1) is 11.3 Å². The van der Waals surface area contributed by atoms with Gasteiger partial charge in [-0.05, 0) is 29.7 Å². The minimum Gasteiger partial charge on any atom is -0.308 e. The quantitative estimate of drug-likeness (QED) is 0.640. The Kier molecular flexibility index (Phi) is 4.12. The summed E-state index contributed by atoms with van der Waals surface area (Å²) >= 11 is 0. The highest BCUT2D eigenvalue weighted by Gasteiger charge is 2.30. The molecule has 3 aromatic rings. The van der Waals surface area contributed by atoms with Crippen LogP contribution >= 0.6 is 0 Å². The van der Waals surface area contributed by atoms with E-state index in [4.69, 9.17) is 0 Å². The Bertz CT molecular complexity index is 885. The summed E-state index contributed by atoms with van der Waals surface area (Å²) in [5.41, 5.74) is -0.161. The Balaban J connectivity index is 1.78. The minimum absolute atomic E-state index is 0.0718. The topological polar surface area (TPSA) is 41.1 Å². The molecule has 3 rings (SSSR count). The summed E-state index contributed by atoms with van der Waals surface area (Å²) in [5, 5.41) is 6.88. The van der Waals surface area contributed by atoms with E-state index in [0.717, 1.165) is 22.9 Å². The van der Waals surface area contributed by atoms with Crippen molar-refractivity contribution in [3.05, 3.63) is 72.3 Å². The lowest BCUT2D eigenvalue weighted by atomic mass is 10.1. The second-order valence-electron chi connectivity index (χ2n) is 5.18. The van der Waals surface area contributed by atoms with Crippen LogP contribution in [0.3, 0.4) is 0 Å². The minimum atomic E-state index is -4.45. The van der Waals surface area contributed by atoms with Crippen molar-refractivity contribution in [2.75, 3.05) is 10.6 Å². The highest BCUT2D eigenvalue weighted by Crippen LogP contribution is 2.30. The molecule has 0 unspecified atom stereocenters. The number of anilines is 2. The highest BCUT2D eigenvalue weighted by molar-refractivity contribution is 6.06. The maximum absolute atomic E-state index is 12.7. The zero-order valence-electron chi connectivity index (χ0n) is 12.4. The van der Waals surface area contributed by atoms with E-state index >= 15 is 0 Å². The third kappa shape index (κ3) is 3.48. The van der Waals surface area contributed by atoms with Gasteiger partial charge >= 0.3 is 12.2 Å². The SMILES string of the molecule is O=C(Nc1cccc(C(F)(F)F)c1)Nc1cccc2ccccc12. The summed E-state index contributed by atoms with van der Waals surface area (Å²) in [5.74, 6) is 0. The number of benzene rings is 3. The molecule has 0 atom stereocenters. The van der Waals surface area contributed by atoms with Gasteiger partial charge in [-0.3, -0.25) is 0 Å². The van der Waals surface area contributed by atoms with Gasteiger partial charge in [0.2, 0.25) is 0 Å². The van der Waals surface area contributed by atoms with Crippen LogP contribution in [0, 0.1) is 0 Å². The molecule has 2 amide bonds. The number of urea groups is 1. The molecule has 0 spiro atoms. The summed E-state index contributed by atoms with van der Waals surface area (Å²) in [7, 11) is 0. The molecular weight excluding hydrogens is 317 g/mol. The van der Waals surface area contributed by atoms with E-state index < -0.39 is 17.8 Å². The zero-order valence-corrected chi connectivity index (χ0v) is 12.4. The van der Waals surface area contributed by atoms with E-state index in [2.05, 4.69) is 10.6 Å². The van der Waals surface area contributed by atoms with Crippen LogP contribution in [0.25, 0.3) is 10.8 Å². The Morgan fingerprint density at radius 3 is 2.33 bits per heavy atom. The van der Waals surface area contributed by atoms with Crippen LogP contribution in [0.2, 0.25) is 0 Å². The third-order valence-electron chi connectivity index (χ3n) is 3.49. The van der Waals surface area contributed by atoms with Crippen molar-refractivity contribution in [2.45, 2.75) is 6.18 Å². The highest BCUT2D eigenvalue weighted by atomic mass is 19.4. The maximum atomic E-state index is 12.7. The number of carbonyl (C=O) groups excluding carboxylic acids is 1. The first-order valence-corrected chi connectivity index (χ1v) is 7.16. The molecule has 2 N–H and O–H groups in total. The molecule has 0 bridgehead atoms. The third-order valence-corrected chi connectivity index (χ3v) is 3.49. The maximum Gasteiger partial charge on any atom is 0.416 e. The molecule has 6 heteroatoms. The average Bonchev–Trinajstić information content (AvgIpc) is 2.54. The fourth-order valence-corrected chi connectivity index (χ4v) is 2.39. The van der Waals surface area contributed by atoms with Crippen molar-refractivity contribution in [1.82, 2.24) is 0 Å². The van der Waals surface area contributed by atoms with Gasteiger partial charge in [0.15, 0.2) is 0 Å². The monoisotopic (exact) mass is 330 g/mol. The molecule has 0 radical (unpaired) electrons. The summed E-state index contributed by atoms with van der Waals surface area (Å²) in [6.45, 7) is 0. The van der Waals surface area contributed by atoms with Crippen LogP contribution in [0.1, 0.15) is 5.56 Å². The number of halogens is 3. The number of carbonyl (C=O) groups is 1. The number of rotatable bonds is 2. The van der Waals surface area contributed by atoms with Gasteiger partial charge in [0.25, 0.3) is 0 Å². The molecule has 3 aromatic carbocycles. The van der Waals surface area contributed by atoms with Crippen molar-refractivity contribution in [1.29, 1.82) is 0 Å². The average molecular weight is 330 g/mol. The molecule has 3 nitrogen and oxygen atoms in total. The molecule has 0 aliphatic rings. The van der Waals surface area contributed by atoms with E-state index in [1.54, 1.807) is 12.1 Å². The number of hydrogen-bond donors (Lipinski definition) is 2. The van der Waals surface area contributed by atoms with Crippen LogP contribution in [0.5, 0.6) is 0 Å². The van der Waals surface area contributed by atoms with Gasteiger partial charge in [-0.1, -0.05) is 42.5 Å². The molecule has 122 valence electrons. The molecule has 0 aliphatic carbocycles. The van der Waals surface area contributed by atoms with E-state index in [-0.39, 0.29) is 5.69 Å². The fourth-order valence-electron chi connectivity index (χ4n) is 2.39. The largest absolute Gasteiger partial charge is 0.416 e. The van der Waals surface area contributed by atoms with Gasteiger partial charge in [-0.25, -0.2) is 4.79 Å². The van der Waals surface area contributed by atoms with Gasteiger partial charge in [-0.15, -0.1) is 0 Å². The summed E-state index contributed by atoms with van der Waals surface area (Å²) < 4.78 is 38.1. The fraction of sp³-hybridized carbons (Fsp3) is 0.0556. The van der Waals surface area contributed by atoms with Crippen molar-refractivity contribution in [3.8, 4) is 0 Å². The number of fused-ring (bicyclic) bond motifs is 1. The molecule has 0 heterocycles. The summed E-state index contributed by atoms with van der Waals surface area (Å²) in [6.07, 6.45) is -4.45. The van der Waals surface area contributed by atoms with Crippen molar-refractivity contribution in [2.24, 2.45) is 0 Å². The summed E-state index contributed by atoms with van der Waals surface area (Å²) in [4.78, 5) is 12.1. The summed E-state index contributed by atoms with van der Waals surface area (Å²) in [6, 6.07) is 16.8. The Labute approximate surface area is 136 Å². The van der Waals surface area contributed by atoms with Crippen molar-refractivity contribution < 1.29 is 18.0 Å². The predicted octanol–water partition coefficient (Wildman–Crippen LogP) is 5.50. The van der Waals surface area contributed by atoms with E-state index in [1.165, 1.54) is 12.1 Å². The smallest absolute Gasteiger partial charge is 0.308 e. The second-order valence-corrected chi connectivity index (χ2v) is 5.18. The molecule has 0 aliphatic heterocycles. The Morgan fingerprint density at radius 2 is 1.54 bits per heavy atom. The van der Waals surface area contributed by atoms with E-state index in [1.807, 2.05) is 30.3 Å². The van der Waals surface area contributed by atoms with Crippen LogP contribution in [-0.2, 0) is 6.18 Å². The van der Waals surface area contributed by atoms with E-state index in [0.29, 0.717) is 5.69 Å². The first-order valence-electron chi connectivity index (χ1n) is 7.16. The first-order chi connectivity index (χ1) is 11.4. The lowest BCUT2D eigenvalue weighted by Gasteiger charge is -2.12. The normalized spacial score (nSPS) is 11.3. The van der Waals surface area contributed by atoms with Gasteiger partial charge in [0.1, 0.15) is 0 Å². The van der Waals surface area contributed by atoms with Gasteiger partial charge in [0, 0.05) is 11.1 Å². The Morgan fingerprint density at radius 1 is 0.833 bits per heavy atom. The number of amides is 2. The first kappa shape index (κ1) is 15.9. The van der Waals surface area contributed by atoms with E-state index in [9.17, 15) is 18.0 Å². The molecule has 0 fully saturated rings. The van der Waals surface area contributed by atoms with Gasteiger partial charge < -0.3 is 10.6 Å². The molecule has 0 saturated carbocycles. The lowest BCUT2D eigenvalue weighted by Crippen LogP contribution is -2.20. The van der Waals surface area contributed by atoms with Crippen LogP contribution in [0.4, 0.5) is 29.3 Å². The zero-order chi connectivity index (χ0) is 17.2. The van der Waals surface area contributed by atoms with Crippen LogP contribution in [0.15, 0.2) is 66.7 Å². The van der Waals surface area contributed by atoms with Gasteiger partial charge in [-0.2, -0.15) is 13.2 Å². The second kappa shape index (κ2) is 6.23. The molecule has 24 heavy (non-hydrogen) atoms. The Hall–Kier alpha value is -3.02. The number of alkyl halides is 3. The number of nitrogens with one attached hydrogen (secondary N) is 2. The molecule has 0 saturated heterocycles.